The third-order valence-corrected chi connectivity index (χ3v) is 1.51. The number of phenols is 2. The van der Waals surface area contributed by atoms with Gasteiger partial charge >= 0.3 is 5.97 Å². The molecule has 88 valence electrons. The Morgan fingerprint density at radius 3 is 1.94 bits per heavy atom. The van der Waals surface area contributed by atoms with Crippen molar-refractivity contribution < 1.29 is 19.7 Å². The molecule has 0 radical (unpaired) electrons. The molecule has 4 nitrogen and oxygen atoms in total. The second kappa shape index (κ2) is 7.34. The van der Waals surface area contributed by atoms with Crippen molar-refractivity contribution in [1.29, 1.82) is 0 Å². The number of esters is 1. The van der Waals surface area contributed by atoms with E-state index >= 15 is 0 Å². The molecule has 0 aromatic heterocycles. The molecular weight excluding hydrogens is 208 g/mol. The summed E-state index contributed by atoms with van der Waals surface area (Å²) in [6, 6.07) is 6.15. The number of carbonyl (C=O) groups excluding carboxylic acids is 1. The van der Waals surface area contributed by atoms with Gasteiger partial charge in [-0.25, -0.2) is 4.79 Å². The predicted molar refractivity (Wildman–Crippen MR) is 61.2 cm³/mol. The zero-order valence-corrected chi connectivity index (χ0v) is 9.43. The molecule has 0 saturated heterocycles. The third kappa shape index (κ3) is 5.70. The van der Waals surface area contributed by atoms with E-state index in [9.17, 15) is 4.79 Å². The number of ether oxygens (including phenoxy) is 1. The molecule has 4 heteroatoms. The van der Waals surface area contributed by atoms with Crippen molar-refractivity contribution in [3.8, 4) is 11.5 Å². The Bertz CT molecular complexity index is 337. The summed E-state index contributed by atoms with van der Waals surface area (Å²) in [5.41, 5.74) is 0.451. The van der Waals surface area contributed by atoms with Crippen molar-refractivity contribution in [3.63, 3.8) is 0 Å². The highest BCUT2D eigenvalue weighted by atomic mass is 16.5. The Kier molecular flexibility index (Phi) is 6.43. The van der Waals surface area contributed by atoms with Gasteiger partial charge in [-0.2, -0.15) is 0 Å². The molecule has 0 saturated carbocycles. The van der Waals surface area contributed by atoms with Crippen LogP contribution < -0.4 is 0 Å². The van der Waals surface area contributed by atoms with Crippen LogP contribution in [0.4, 0.5) is 0 Å². The van der Waals surface area contributed by atoms with Crippen molar-refractivity contribution in [2.45, 2.75) is 13.8 Å². The predicted octanol–water partition coefficient (Wildman–Crippen LogP) is 2.22. The normalized spacial score (nSPS) is 8.62. The zero-order valence-electron chi connectivity index (χ0n) is 9.43. The molecule has 0 aliphatic carbocycles. The average Bonchev–Trinajstić information content (AvgIpc) is 2.24. The molecule has 2 N–H and O–H groups in total. The largest absolute Gasteiger partial charge is 0.504 e. The van der Waals surface area contributed by atoms with E-state index < -0.39 is 0 Å². The second-order valence-electron chi connectivity index (χ2n) is 2.99. The van der Waals surface area contributed by atoms with E-state index in [4.69, 9.17) is 10.2 Å². The van der Waals surface area contributed by atoms with Gasteiger partial charge in [0.1, 0.15) is 0 Å². The fourth-order valence-corrected chi connectivity index (χ4v) is 0.718. The lowest BCUT2D eigenvalue weighted by Gasteiger charge is -1.96. The number of benzene rings is 1. The smallest absolute Gasteiger partial charge is 0.333 e. The van der Waals surface area contributed by atoms with Gasteiger partial charge in [0, 0.05) is 5.57 Å². The van der Waals surface area contributed by atoms with Crippen LogP contribution in [0.15, 0.2) is 36.4 Å². The lowest BCUT2D eigenvalue weighted by atomic mass is 10.3. The first-order chi connectivity index (χ1) is 7.49. The van der Waals surface area contributed by atoms with Gasteiger partial charge in [-0.1, -0.05) is 18.7 Å². The molecule has 1 rings (SSSR count). The first-order valence-electron chi connectivity index (χ1n) is 4.78. The molecule has 0 bridgehead atoms. The van der Waals surface area contributed by atoms with Crippen molar-refractivity contribution in [2.24, 2.45) is 0 Å². The molecule has 1 aromatic carbocycles. The van der Waals surface area contributed by atoms with Gasteiger partial charge in [0.15, 0.2) is 11.5 Å². The Balaban J connectivity index is 0.000000281. The molecule has 0 unspecified atom stereocenters. The fourth-order valence-electron chi connectivity index (χ4n) is 0.718. The summed E-state index contributed by atoms with van der Waals surface area (Å²) in [7, 11) is 0. The van der Waals surface area contributed by atoms with Crippen molar-refractivity contribution in [1.82, 2.24) is 0 Å². The van der Waals surface area contributed by atoms with E-state index in [0.717, 1.165) is 0 Å². The topological polar surface area (TPSA) is 66.8 Å². The summed E-state index contributed by atoms with van der Waals surface area (Å²) >= 11 is 0. The van der Waals surface area contributed by atoms with Crippen LogP contribution in [-0.4, -0.2) is 22.8 Å². The standard InChI is InChI=1S/C6H6O2.C6H10O2/c7-5-3-1-2-4-6(5)8;1-4-8-6(7)5(2)3/h1-4,7-8H;2,4H2,1,3H3. The minimum atomic E-state index is -0.312. The summed E-state index contributed by atoms with van der Waals surface area (Å²) in [6.45, 7) is 7.21. The summed E-state index contributed by atoms with van der Waals surface area (Å²) < 4.78 is 4.56. The highest BCUT2D eigenvalue weighted by Gasteiger charge is 1.98. The first kappa shape index (κ1) is 14.0. The van der Waals surface area contributed by atoms with Crippen LogP contribution in [0.2, 0.25) is 0 Å². The highest BCUT2D eigenvalue weighted by Crippen LogP contribution is 2.21. The van der Waals surface area contributed by atoms with Gasteiger partial charge in [-0.15, -0.1) is 0 Å². The van der Waals surface area contributed by atoms with Gasteiger partial charge in [-0.05, 0) is 26.0 Å². The average molecular weight is 224 g/mol. The number of hydrogen-bond acceptors (Lipinski definition) is 4. The van der Waals surface area contributed by atoms with Crippen molar-refractivity contribution >= 4 is 5.97 Å². The molecule has 0 heterocycles. The Morgan fingerprint density at radius 2 is 1.75 bits per heavy atom. The number of para-hydroxylation sites is 2. The summed E-state index contributed by atoms with van der Waals surface area (Å²) in [6.07, 6.45) is 0. The maximum atomic E-state index is 10.4. The molecule has 0 fully saturated rings. The Morgan fingerprint density at radius 1 is 1.31 bits per heavy atom. The second-order valence-corrected chi connectivity index (χ2v) is 2.99. The van der Waals surface area contributed by atoms with Crippen LogP contribution in [-0.2, 0) is 9.53 Å². The van der Waals surface area contributed by atoms with E-state index in [1.54, 1.807) is 26.0 Å². The lowest BCUT2D eigenvalue weighted by molar-refractivity contribution is -0.138. The highest BCUT2D eigenvalue weighted by molar-refractivity contribution is 5.86. The van der Waals surface area contributed by atoms with Crippen LogP contribution in [0.1, 0.15) is 13.8 Å². The number of aromatic hydroxyl groups is 2. The van der Waals surface area contributed by atoms with E-state index in [1.165, 1.54) is 12.1 Å². The molecule has 0 aliphatic rings. The van der Waals surface area contributed by atoms with Crippen molar-refractivity contribution in [2.75, 3.05) is 6.61 Å². The Hall–Kier alpha value is -1.97. The third-order valence-electron chi connectivity index (χ3n) is 1.51. The first-order valence-corrected chi connectivity index (χ1v) is 4.78. The fraction of sp³-hybridized carbons (Fsp3) is 0.250. The monoisotopic (exact) mass is 224 g/mol. The molecular formula is C12H16O4. The van der Waals surface area contributed by atoms with Gasteiger partial charge in [0.05, 0.1) is 6.61 Å². The van der Waals surface area contributed by atoms with E-state index in [0.29, 0.717) is 12.2 Å². The number of carbonyl (C=O) groups is 1. The van der Waals surface area contributed by atoms with Crippen LogP contribution in [0.3, 0.4) is 0 Å². The van der Waals surface area contributed by atoms with E-state index in [-0.39, 0.29) is 17.5 Å². The van der Waals surface area contributed by atoms with Gasteiger partial charge in [-0.3, -0.25) is 0 Å². The van der Waals surface area contributed by atoms with Gasteiger partial charge in [0.25, 0.3) is 0 Å². The molecule has 16 heavy (non-hydrogen) atoms. The van der Waals surface area contributed by atoms with Gasteiger partial charge in [0.2, 0.25) is 0 Å². The number of rotatable bonds is 2. The minimum absolute atomic E-state index is 0.0764. The Labute approximate surface area is 94.8 Å². The van der Waals surface area contributed by atoms with E-state index in [2.05, 4.69) is 11.3 Å². The van der Waals surface area contributed by atoms with Crippen LogP contribution in [0.5, 0.6) is 11.5 Å². The molecule has 0 amide bonds. The number of hydrogen-bond donors (Lipinski definition) is 2. The maximum Gasteiger partial charge on any atom is 0.333 e. The molecule has 0 spiro atoms. The molecule has 1 aromatic rings. The molecule has 0 aliphatic heterocycles. The SMILES string of the molecule is C=C(C)C(=O)OCC.Oc1ccccc1O. The summed E-state index contributed by atoms with van der Waals surface area (Å²) in [5, 5.41) is 17.3. The minimum Gasteiger partial charge on any atom is -0.504 e. The van der Waals surface area contributed by atoms with E-state index in [1.807, 2.05) is 0 Å². The van der Waals surface area contributed by atoms with Crippen LogP contribution >= 0.6 is 0 Å². The zero-order chi connectivity index (χ0) is 12.6. The molecule has 0 atom stereocenters. The number of phenolic OH excluding ortho intramolecular Hbond substituents is 2. The summed E-state index contributed by atoms with van der Waals surface area (Å²) in [4.78, 5) is 10.4. The maximum absolute atomic E-state index is 10.4. The van der Waals surface area contributed by atoms with Gasteiger partial charge < -0.3 is 14.9 Å². The van der Waals surface area contributed by atoms with Crippen LogP contribution in [0, 0.1) is 0 Å². The van der Waals surface area contributed by atoms with Crippen molar-refractivity contribution in [3.05, 3.63) is 36.4 Å². The lowest BCUT2D eigenvalue weighted by Crippen LogP contribution is -2.03. The van der Waals surface area contributed by atoms with Crippen LogP contribution in [0.25, 0.3) is 0 Å². The quantitative estimate of drug-likeness (QED) is 0.459. The summed E-state index contributed by atoms with van der Waals surface area (Å²) in [5.74, 6) is -0.465.